The number of nitrogens with zero attached hydrogens (tertiary/aromatic N) is 2. The molecule has 0 fully saturated rings. The van der Waals surface area contributed by atoms with Gasteiger partial charge in [0.15, 0.2) is 0 Å². The minimum Gasteiger partial charge on any atom is -0.311 e. The topological polar surface area (TPSA) is 6.48 Å². The molecule has 0 atom stereocenters. The summed E-state index contributed by atoms with van der Waals surface area (Å²) in [5, 5.41) is 0. The summed E-state index contributed by atoms with van der Waals surface area (Å²) in [6.07, 6.45) is 4.42. The fourth-order valence-electron chi connectivity index (χ4n) is 13.3. The van der Waals surface area contributed by atoms with E-state index in [9.17, 15) is 4.11 Å². The van der Waals surface area contributed by atoms with Gasteiger partial charge in [0, 0.05) is 43.5 Å². The molecule has 2 nitrogen and oxygen atoms in total. The zero-order valence-electron chi connectivity index (χ0n) is 50.0. The van der Waals surface area contributed by atoms with E-state index >= 15 is 0 Å². The van der Waals surface area contributed by atoms with Crippen LogP contribution < -0.4 is 26.2 Å². The van der Waals surface area contributed by atoms with E-state index in [0.29, 0.717) is 5.56 Å². The van der Waals surface area contributed by atoms with Crippen LogP contribution in [0.4, 0.5) is 34.1 Å². The second-order valence-corrected chi connectivity index (χ2v) is 27.8. The summed E-state index contributed by atoms with van der Waals surface area (Å²) in [6.45, 7) is 35.2. The third-order valence-corrected chi connectivity index (χ3v) is 18.5. The Bertz CT molecular complexity index is 3490. The van der Waals surface area contributed by atoms with Crippen LogP contribution in [0.3, 0.4) is 0 Å². The van der Waals surface area contributed by atoms with Gasteiger partial charge in [0.25, 0.3) is 6.71 Å². The lowest BCUT2D eigenvalue weighted by Gasteiger charge is -2.48. The molecule has 0 N–H and O–H groups in total. The van der Waals surface area contributed by atoms with Crippen LogP contribution in [0.2, 0.25) is 0 Å². The maximum atomic E-state index is 9.37. The van der Waals surface area contributed by atoms with E-state index in [1.807, 2.05) is 12.1 Å². The Hall–Kier alpha value is -5.80. The van der Waals surface area contributed by atoms with Gasteiger partial charge in [-0.1, -0.05) is 196 Å². The van der Waals surface area contributed by atoms with E-state index in [1.165, 1.54) is 55.4 Å². The van der Waals surface area contributed by atoms with E-state index in [-0.39, 0.29) is 44.6 Å². The molecule has 0 saturated carbocycles. The molecule has 2 heterocycles. The summed E-state index contributed by atoms with van der Waals surface area (Å²) in [6, 6.07) is 50.7. The molecule has 3 heteroatoms. The summed E-state index contributed by atoms with van der Waals surface area (Å²) < 4.78 is 28.1. The van der Waals surface area contributed by atoms with Gasteiger partial charge < -0.3 is 9.80 Å². The van der Waals surface area contributed by atoms with Gasteiger partial charge in [-0.25, -0.2) is 0 Å². The SMILES string of the molecule is [2H]C([2H])([2H])c1cc2c3c(c1)N(c1ccc(C(C)(C)C)cc1-c1cccc(C(C)(C)C)c1)c1cc(C(C)(C)c4ccccc4)ccc1B3c1cc3c(cc1N2c1ccc2c(c1)C(C)(C)CCC2(C)C)C(C)(C)CCC3(C)C. The summed E-state index contributed by atoms with van der Waals surface area (Å²) in [5.74, 6) is 0. The Morgan fingerprint density at radius 2 is 0.973 bits per heavy atom. The molecule has 0 aromatic heterocycles. The quantitative estimate of drug-likeness (QED) is 0.159. The fourth-order valence-corrected chi connectivity index (χ4v) is 13.3. The van der Waals surface area contributed by atoms with Crippen molar-refractivity contribution < 1.29 is 4.11 Å². The molecule has 0 bridgehead atoms. The third-order valence-electron chi connectivity index (χ3n) is 18.5. The number of benzene rings is 7. The molecule has 7 aromatic carbocycles. The standard InChI is InChI=1S/C70H81BN2/c1-44-36-61-63-62(37-44)73(58-31-27-48(65(5,6)7)39-51(58)45-22-21-25-47(38-45)64(2,3)4)59-40-49(70(16,17)46-23-19-18-20-24-46)26-30-56(59)71(63)57-42-54-55(69(14,15)35-34-68(54,12)13)43-60(57)72(61)50-28-29-52-53(41-50)67(10,11)33-32-66(52,8)9/h18-31,36-43H,32-35H2,1-17H3/i1D3. The van der Waals surface area contributed by atoms with Gasteiger partial charge in [-0.2, -0.15) is 0 Å². The Kier molecular flexibility index (Phi) is 10.3. The van der Waals surface area contributed by atoms with Crippen molar-refractivity contribution in [3.05, 3.63) is 184 Å². The Morgan fingerprint density at radius 3 is 1.60 bits per heavy atom. The summed E-state index contributed by atoms with van der Waals surface area (Å²) in [5.41, 5.74) is 22.3. The molecule has 73 heavy (non-hydrogen) atoms. The molecule has 0 amide bonds. The van der Waals surface area contributed by atoms with Crippen LogP contribution in [-0.2, 0) is 37.9 Å². The van der Waals surface area contributed by atoms with Crippen molar-refractivity contribution in [3.63, 3.8) is 0 Å². The maximum absolute atomic E-state index is 9.37. The van der Waals surface area contributed by atoms with Gasteiger partial charge in [0.1, 0.15) is 0 Å². The van der Waals surface area contributed by atoms with Crippen LogP contribution in [0.15, 0.2) is 133 Å². The Balaban J connectivity index is 1.30. The first-order chi connectivity index (χ1) is 35.3. The first-order valence-corrected chi connectivity index (χ1v) is 27.4. The van der Waals surface area contributed by atoms with Gasteiger partial charge in [-0.3, -0.25) is 0 Å². The summed E-state index contributed by atoms with van der Waals surface area (Å²) >= 11 is 0. The van der Waals surface area contributed by atoms with Crippen molar-refractivity contribution in [2.24, 2.45) is 0 Å². The van der Waals surface area contributed by atoms with E-state index in [4.69, 9.17) is 0 Å². The van der Waals surface area contributed by atoms with E-state index in [1.54, 1.807) is 0 Å². The predicted molar refractivity (Wildman–Crippen MR) is 317 cm³/mol. The highest BCUT2D eigenvalue weighted by Crippen LogP contribution is 2.54. The predicted octanol–water partition coefficient (Wildman–Crippen LogP) is 17.4. The monoisotopic (exact) mass is 964 g/mol. The van der Waals surface area contributed by atoms with Crippen molar-refractivity contribution in [1.29, 1.82) is 0 Å². The lowest BCUT2D eigenvalue weighted by atomic mass is 9.33. The second kappa shape index (κ2) is 16.4. The summed E-state index contributed by atoms with van der Waals surface area (Å²) in [7, 11) is 0. The molecular weight excluding hydrogens is 880 g/mol. The van der Waals surface area contributed by atoms with Gasteiger partial charge >= 0.3 is 0 Å². The van der Waals surface area contributed by atoms with Gasteiger partial charge in [0.05, 0.1) is 5.69 Å². The maximum Gasteiger partial charge on any atom is 0.252 e. The molecule has 0 unspecified atom stereocenters. The minimum atomic E-state index is -2.40. The van der Waals surface area contributed by atoms with Crippen LogP contribution in [0.1, 0.15) is 191 Å². The molecule has 0 saturated heterocycles. The third kappa shape index (κ3) is 7.96. The molecule has 11 rings (SSSR count). The molecule has 2 aliphatic heterocycles. The van der Waals surface area contributed by atoms with Crippen LogP contribution in [0.5, 0.6) is 0 Å². The number of aryl methyl sites for hydroxylation is 1. The molecular formula is C70H81BN2. The normalized spacial score (nSPS) is 18.8. The first-order valence-electron chi connectivity index (χ1n) is 28.9. The average Bonchev–Trinajstić information content (AvgIpc) is 3.40. The first kappa shape index (κ1) is 45.8. The Labute approximate surface area is 445 Å². The van der Waals surface area contributed by atoms with E-state index in [2.05, 4.69) is 242 Å². The number of hydrogen-bond donors (Lipinski definition) is 0. The van der Waals surface area contributed by atoms with Gasteiger partial charge in [-0.05, 0) is 186 Å². The Morgan fingerprint density at radius 1 is 0.425 bits per heavy atom. The number of rotatable bonds is 5. The minimum absolute atomic E-state index is 0.0358. The molecule has 0 spiro atoms. The largest absolute Gasteiger partial charge is 0.311 e. The van der Waals surface area contributed by atoms with Crippen LogP contribution in [0, 0.1) is 6.85 Å². The van der Waals surface area contributed by atoms with E-state index in [0.717, 1.165) is 76.4 Å². The van der Waals surface area contributed by atoms with Gasteiger partial charge in [0.2, 0.25) is 0 Å². The highest BCUT2D eigenvalue weighted by atomic mass is 15.2. The number of hydrogen-bond acceptors (Lipinski definition) is 2. The lowest BCUT2D eigenvalue weighted by Crippen LogP contribution is -2.62. The van der Waals surface area contributed by atoms with Crippen LogP contribution >= 0.6 is 0 Å². The second-order valence-electron chi connectivity index (χ2n) is 27.8. The van der Waals surface area contributed by atoms with Crippen LogP contribution in [-0.4, -0.2) is 6.71 Å². The smallest absolute Gasteiger partial charge is 0.252 e. The highest BCUT2D eigenvalue weighted by Gasteiger charge is 2.48. The van der Waals surface area contributed by atoms with E-state index < -0.39 is 6.85 Å². The van der Waals surface area contributed by atoms with Gasteiger partial charge in [-0.15, -0.1) is 0 Å². The fraction of sp³-hybridized carbons (Fsp3) is 0.400. The molecule has 2 aliphatic carbocycles. The van der Waals surface area contributed by atoms with Crippen molar-refractivity contribution in [2.45, 2.75) is 181 Å². The van der Waals surface area contributed by atoms with Crippen LogP contribution in [0.25, 0.3) is 11.1 Å². The highest BCUT2D eigenvalue weighted by molar-refractivity contribution is 7.00. The number of fused-ring (bicyclic) bond motifs is 6. The van der Waals surface area contributed by atoms with Crippen molar-refractivity contribution in [1.82, 2.24) is 0 Å². The average molecular weight is 964 g/mol. The molecule has 0 radical (unpaired) electrons. The molecule has 374 valence electrons. The summed E-state index contributed by atoms with van der Waals surface area (Å²) in [4.78, 5) is 4.96. The zero-order valence-corrected chi connectivity index (χ0v) is 47.0. The van der Waals surface area contributed by atoms with Crippen molar-refractivity contribution in [2.75, 3.05) is 9.80 Å². The van der Waals surface area contributed by atoms with Crippen molar-refractivity contribution in [3.8, 4) is 11.1 Å². The zero-order chi connectivity index (χ0) is 54.7. The molecule has 7 aromatic rings. The lowest BCUT2D eigenvalue weighted by molar-refractivity contribution is 0.332. The van der Waals surface area contributed by atoms with Crippen molar-refractivity contribution >= 4 is 57.2 Å². The number of anilines is 6. The molecule has 4 aliphatic rings.